The molecule has 0 bridgehead atoms. The molecule has 3 nitrogen and oxygen atoms in total. The third-order valence-corrected chi connectivity index (χ3v) is 2.20. The molecular weight excluding hydrogens is 285 g/mol. The monoisotopic (exact) mass is 289 g/mol. The summed E-state index contributed by atoms with van der Waals surface area (Å²) in [5.41, 5.74) is -3.90. The Morgan fingerprint density at radius 3 is 2.39 bits per heavy atom. The zero-order valence-electron chi connectivity index (χ0n) is 8.69. The SMILES string of the molecule is COC(=O)c1cc(C(F)F)c(C(F)(F)F)nc1Cl. The summed E-state index contributed by atoms with van der Waals surface area (Å²) in [6, 6.07) is 0.328. The maximum Gasteiger partial charge on any atom is 0.433 e. The van der Waals surface area contributed by atoms with Gasteiger partial charge in [-0.3, -0.25) is 0 Å². The molecule has 0 saturated heterocycles. The van der Waals surface area contributed by atoms with Gasteiger partial charge in [-0.1, -0.05) is 11.6 Å². The number of rotatable bonds is 2. The first kappa shape index (κ1) is 14.6. The first-order chi connectivity index (χ1) is 8.18. The highest BCUT2D eigenvalue weighted by Gasteiger charge is 2.39. The second-order valence-corrected chi connectivity index (χ2v) is 3.41. The van der Waals surface area contributed by atoms with Gasteiger partial charge in [0, 0.05) is 5.56 Å². The van der Waals surface area contributed by atoms with Gasteiger partial charge in [0.25, 0.3) is 6.43 Å². The highest BCUT2D eigenvalue weighted by Crippen LogP contribution is 2.37. The molecule has 0 aliphatic rings. The predicted molar refractivity (Wildman–Crippen MR) is 50.5 cm³/mol. The van der Waals surface area contributed by atoms with Crippen molar-refractivity contribution in [1.29, 1.82) is 0 Å². The Morgan fingerprint density at radius 1 is 1.44 bits per heavy atom. The Bertz CT molecular complexity index is 475. The molecule has 9 heteroatoms. The van der Waals surface area contributed by atoms with Crippen molar-refractivity contribution in [3.05, 3.63) is 28.0 Å². The van der Waals surface area contributed by atoms with Crippen molar-refractivity contribution < 1.29 is 31.5 Å². The lowest BCUT2D eigenvalue weighted by molar-refractivity contribution is -0.143. The Morgan fingerprint density at radius 2 is 2.00 bits per heavy atom. The second-order valence-electron chi connectivity index (χ2n) is 3.05. The lowest BCUT2D eigenvalue weighted by Crippen LogP contribution is -2.15. The molecule has 0 aliphatic heterocycles. The molecule has 0 spiro atoms. The van der Waals surface area contributed by atoms with Gasteiger partial charge >= 0.3 is 12.1 Å². The predicted octanol–water partition coefficient (Wildman–Crippen LogP) is 3.48. The summed E-state index contributed by atoms with van der Waals surface area (Å²) < 4.78 is 66.5. The van der Waals surface area contributed by atoms with E-state index in [0.29, 0.717) is 6.07 Å². The van der Waals surface area contributed by atoms with Crippen molar-refractivity contribution in [2.45, 2.75) is 12.6 Å². The number of nitrogens with zero attached hydrogens (tertiary/aromatic N) is 1. The molecule has 0 aromatic carbocycles. The normalized spacial score (nSPS) is 11.8. The first-order valence-electron chi connectivity index (χ1n) is 4.32. The van der Waals surface area contributed by atoms with E-state index in [0.717, 1.165) is 7.11 Å². The van der Waals surface area contributed by atoms with Crippen molar-refractivity contribution >= 4 is 17.6 Å². The molecule has 18 heavy (non-hydrogen) atoms. The van der Waals surface area contributed by atoms with Crippen molar-refractivity contribution in [1.82, 2.24) is 4.98 Å². The fraction of sp³-hybridized carbons (Fsp3) is 0.333. The summed E-state index contributed by atoms with van der Waals surface area (Å²) in [7, 11) is 0.929. The number of halogens is 6. The summed E-state index contributed by atoms with van der Waals surface area (Å²) in [4.78, 5) is 13.9. The minimum atomic E-state index is -5.09. The molecule has 1 rings (SSSR count). The van der Waals surface area contributed by atoms with Crippen molar-refractivity contribution in [3.63, 3.8) is 0 Å². The summed E-state index contributed by atoms with van der Waals surface area (Å²) >= 11 is 5.33. The minimum Gasteiger partial charge on any atom is -0.465 e. The molecule has 0 N–H and O–H groups in total. The van der Waals surface area contributed by atoms with Gasteiger partial charge in [-0.05, 0) is 6.07 Å². The lowest BCUT2D eigenvalue weighted by Gasteiger charge is -2.13. The molecular formula is C9H5ClF5NO2. The molecule has 0 fully saturated rings. The van der Waals surface area contributed by atoms with Gasteiger partial charge < -0.3 is 4.74 Å². The van der Waals surface area contributed by atoms with Crippen LogP contribution in [0, 0.1) is 0 Å². The van der Waals surface area contributed by atoms with Crippen molar-refractivity contribution in [2.24, 2.45) is 0 Å². The first-order valence-corrected chi connectivity index (χ1v) is 4.70. The minimum absolute atomic E-state index is 0.328. The van der Waals surface area contributed by atoms with E-state index in [1.807, 2.05) is 0 Å². The van der Waals surface area contributed by atoms with E-state index in [1.165, 1.54) is 0 Å². The van der Waals surface area contributed by atoms with Crippen LogP contribution >= 0.6 is 11.6 Å². The molecule has 100 valence electrons. The van der Waals surface area contributed by atoms with Crippen LogP contribution in [0.4, 0.5) is 22.0 Å². The van der Waals surface area contributed by atoms with Gasteiger partial charge in [0.05, 0.1) is 12.7 Å². The molecule has 0 atom stereocenters. The van der Waals surface area contributed by atoms with E-state index in [-0.39, 0.29) is 0 Å². The number of pyridine rings is 1. The van der Waals surface area contributed by atoms with Crippen LogP contribution in [0.25, 0.3) is 0 Å². The highest BCUT2D eigenvalue weighted by atomic mass is 35.5. The fourth-order valence-electron chi connectivity index (χ4n) is 1.15. The Labute approximate surface area is 103 Å². The molecule has 1 aromatic heterocycles. The molecule has 0 amide bonds. The van der Waals surface area contributed by atoms with Crippen LogP contribution in [0.15, 0.2) is 6.07 Å². The number of ether oxygens (including phenoxy) is 1. The number of methoxy groups -OCH3 is 1. The second kappa shape index (κ2) is 5.05. The Balaban J connectivity index is 3.49. The smallest absolute Gasteiger partial charge is 0.433 e. The fourth-order valence-corrected chi connectivity index (χ4v) is 1.37. The maximum absolute atomic E-state index is 12.5. The average molecular weight is 290 g/mol. The molecule has 0 unspecified atom stereocenters. The standard InChI is InChI=1S/C9H5ClF5NO2/c1-18-8(17)4-2-3(7(11)12)5(9(13,14)15)16-6(4)10/h2,7H,1H3. The maximum atomic E-state index is 12.5. The average Bonchev–Trinajstić information content (AvgIpc) is 2.26. The highest BCUT2D eigenvalue weighted by molar-refractivity contribution is 6.32. The Kier molecular flexibility index (Phi) is 4.10. The molecule has 0 saturated carbocycles. The van der Waals surface area contributed by atoms with Crippen molar-refractivity contribution in [3.8, 4) is 0 Å². The van der Waals surface area contributed by atoms with E-state index in [9.17, 15) is 26.7 Å². The summed E-state index contributed by atoms with van der Waals surface area (Å²) in [6.45, 7) is 0. The largest absolute Gasteiger partial charge is 0.465 e. The third kappa shape index (κ3) is 2.87. The van der Waals surface area contributed by atoms with E-state index in [2.05, 4.69) is 9.72 Å². The van der Waals surface area contributed by atoms with E-state index in [1.54, 1.807) is 0 Å². The van der Waals surface area contributed by atoms with Crippen LogP contribution < -0.4 is 0 Å². The number of alkyl halides is 5. The lowest BCUT2D eigenvalue weighted by atomic mass is 10.1. The number of carbonyl (C=O) groups is 1. The summed E-state index contributed by atoms with van der Waals surface area (Å²) in [5.74, 6) is -1.15. The molecule has 0 radical (unpaired) electrons. The van der Waals surface area contributed by atoms with E-state index >= 15 is 0 Å². The number of hydrogen-bond donors (Lipinski definition) is 0. The van der Waals surface area contributed by atoms with Gasteiger partial charge in [0.1, 0.15) is 5.15 Å². The van der Waals surface area contributed by atoms with E-state index in [4.69, 9.17) is 11.6 Å². The van der Waals surface area contributed by atoms with E-state index < -0.39 is 40.5 Å². The number of carbonyl (C=O) groups excluding carboxylic acids is 1. The van der Waals surface area contributed by atoms with Crippen LogP contribution in [0.3, 0.4) is 0 Å². The van der Waals surface area contributed by atoms with Crippen LogP contribution in [-0.4, -0.2) is 18.1 Å². The van der Waals surface area contributed by atoms with Gasteiger partial charge in [0.2, 0.25) is 0 Å². The molecule has 1 aromatic rings. The van der Waals surface area contributed by atoms with Crippen LogP contribution in [0.2, 0.25) is 5.15 Å². The van der Waals surface area contributed by atoms with Crippen LogP contribution in [0.1, 0.15) is 28.0 Å². The number of esters is 1. The zero-order valence-corrected chi connectivity index (χ0v) is 9.44. The zero-order chi connectivity index (χ0) is 14.1. The number of aromatic nitrogens is 1. The number of hydrogen-bond acceptors (Lipinski definition) is 3. The van der Waals surface area contributed by atoms with Crippen LogP contribution in [-0.2, 0) is 10.9 Å². The summed E-state index contributed by atoms with van der Waals surface area (Å²) in [5, 5.41) is -0.849. The van der Waals surface area contributed by atoms with Gasteiger partial charge in [-0.15, -0.1) is 0 Å². The summed E-state index contributed by atoms with van der Waals surface area (Å²) in [6.07, 6.45) is -8.54. The van der Waals surface area contributed by atoms with Crippen molar-refractivity contribution in [2.75, 3.05) is 7.11 Å². The van der Waals surface area contributed by atoms with Gasteiger partial charge in [0.15, 0.2) is 5.69 Å². The Hall–Kier alpha value is -1.44. The van der Waals surface area contributed by atoms with Gasteiger partial charge in [-0.2, -0.15) is 13.2 Å². The van der Waals surface area contributed by atoms with Gasteiger partial charge in [-0.25, -0.2) is 18.6 Å². The topological polar surface area (TPSA) is 39.2 Å². The van der Waals surface area contributed by atoms with Crippen LogP contribution in [0.5, 0.6) is 0 Å². The molecule has 0 aliphatic carbocycles. The third-order valence-electron chi connectivity index (χ3n) is 1.91. The quantitative estimate of drug-likeness (QED) is 0.475. The molecule has 1 heterocycles.